The van der Waals surface area contributed by atoms with Gasteiger partial charge in [0.15, 0.2) is 6.10 Å². The highest BCUT2D eigenvalue weighted by Crippen LogP contribution is 2.25. The van der Waals surface area contributed by atoms with E-state index in [9.17, 15) is 9.59 Å². The molecule has 20 heavy (non-hydrogen) atoms. The Bertz CT molecular complexity index is 500. The van der Waals surface area contributed by atoms with E-state index >= 15 is 0 Å². The molecule has 1 aromatic carbocycles. The molecule has 110 valence electrons. The summed E-state index contributed by atoms with van der Waals surface area (Å²) in [6.07, 6.45) is -0.908. The lowest BCUT2D eigenvalue weighted by atomic mass is 10.1. The van der Waals surface area contributed by atoms with Crippen LogP contribution < -0.4 is 15.8 Å². The van der Waals surface area contributed by atoms with E-state index in [1.165, 1.54) is 14.0 Å². The van der Waals surface area contributed by atoms with Crippen molar-refractivity contribution in [1.82, 2.24) is 5.32 Å². The maximum absolute atomic E-state index is 12.1. The number of anilines is 1. The van der Waals surface area contributed by atoms with E-state index < -0.39 is 12.1 Å². The number of hydrogen-bond donors (Lipinski definition) is 2. The number of nitrogens with two attached hydrogens (primary N) is 1. The van der Waals surface area contributed by atoms with E-state index in [-0.39, 0.29) is 23.2 Å². The van der Waals surface area contributed by atoms with Crippen LogP contribution in [0.4, 0.5) is 5.69 Å². The fourth-order valence-corrected chi connectivity index (χ4v) is 1.61. The number of ether oxygens (including phenoxy) is 2. The normalized spacial score (nSPS) is 11.8. The van der Waals surface area contributed by atoms with Crippen molar-refractivity contribution in [2.24, 2.45) is 0 Å². The molecule has 0 fully saturated rings. The van der Waals surface area contributed by atoms with Crippen LogP contribution in [-0.4, -0.2) is 31.1 Å². The van der Waals surface area contributed by atoms with Gasteiger partial charge in [0.05, 0.1) is 7.11 Å². The third-order valence-corrected chi connectivity index (χ3v) is 2.57. The van der Waals surface area contributed by atoms with E-state index in [4.69, 9.17) is 15.2 Å². The van der Waals surface area contributed by atoms with Gasteiger partial charge in [-0.05, 0) is 32.9 Å². The summed E-state index contributed by atoms with van der Waals surface area (Å²) in [6, 6.07) is 4.81. The molecule has 0 radical (unpaired) electrons. The molecule has 0 spiro atoms. The van der Waals surface area contributed by atoms with Gasteiger partial charge in [-0.3, -0.25) is 4.79 Å². The molecule has 0 saturated heterocycles. The number of nitrogen functional groups attached to an aromatic ring is 1. The Hall–Kier alpha value is -2.24. The summed E-state index contributed by atoms with van der Waals surface area (Å²) in [5, 5.41) is 2.66. The van der Waals surface area contributed by atoms with Crippen molar-refractivity contribution in [1.29, 1.82) is 0 Å². The maximum Gasteiger partial charge on any atom is 0.344 e. The average molecular weight is 280 g/mol. The lowest BCUT2D eigenvalue weighted by Crippen LogP contribution is -2.39. The van der Waals surface area contributed by atoms with Crippen molar-refractivity contribution in [2.45, 2.75) is 32.9 Å². The second kappa shape index (κ2) is 6.79. The minimum Gasteiger partial charge on any atom is -0.496 e. The summed E-state index contributed by atoms with van der Waals surface area (Å²) in [5.74, 6) is -0.736. The van der Waals surface area contributed by atoms with E-state index in [2.05, 4.69) is 5.32 Å². The Balaban J connectivity index is 2.84. The first-order valence-electron chi connectivity index (χ1n) is 6.30. The van der Waals surface area contributed by atoms with Crippen molar-refractivity contribution >= 4 is 17.6 Å². The van der Waals surface area contributed by atoms with Crippen LogP contribution >= 0.6 is 0 Å². The minimum absolute atomic E-state index is 0.0278. The van der Waals surface area contributed by atoms with Crippen molar-refractivity contribution in [3.63, 3.8) is 0 Å². The summed E-state index contributed by atoms with van der Waals surface area (Å²) >= 11 is 0. The van der Waals surface area contributed by atoms with Gasteiger partial charge in [0.1, 0.15) is 11.3 Å². The van der Waals surface area contributed by atoms with Gasteiger partial charge < -0.3 is 20.5 Å². The number of hydrogen-bond acceptors (Lipinski definition) is 5. The van der Waals surface area contributed by atoms with Gasteiger partial charge in [0.2, 0.25) is 0 Å². The molecule has 0 bridgehead atoms. The molecule has 6 nitrogen and oxygen atoms in total. The predicted octanol–water partition coefficient (Wildman–Crippen LogP) is 1.35. The molecular formula is C14H20N2O4. The third-order valence-electron chi connectivity index (χ3n) is 2.57. The predicted molar refractivity (Wildman–Crippen MR) is 75.6 cm³/mol. The fraction of sp³-hybridized carbons (Fsp3) is 0.429. The van der Waals surface area contributed by atoms with Gasteiger partial charge in [-0.15, -0.1) is 0 Å². The molecule has 3 N–H and O–H groups in total. The molecular weight excluding hydrogens is 260 g/mol. The van der Waals surface area contributed by atoms with Crippen LogP contribution in [0.2, 0.25) is 0 Å². The van der Waals surface area contributed by atoms with Crippen LogP contribution in [0, 0.1) is 0 Å². The summed E-state index contributed by atoms with van der Waals surface area (Å²) in [4.78, 5) is 23.8. The Morgan fingerprint density at radius 1 is 1.25 bits per heavy atom. The highest BCUT2D eigenvalue weighted by Gasteiger charge is 2.23. The van der Waals surface area contributed by atoms with Crippen LogP contribution in [0.1, 0.15) is 31.1 Å². The number of carbonyl (C=O) groups excluding carboxylic acids is 2. The monoisotopic (exact) mass is 280 g/mol. The zero-order valence-corrected chi connectivity index (χ0v) is 12.1. The van der Waals surface area contributed by atoms with Gasteiger partial charge >= 0.3 is 5.97 Å². The molecule has 1 unspecified atom stereocenters. The van der Waals surface area contributed by atoms with Crippen molar-refractivity contribution in [3.05, 3.63) is 23.8 Å². The third kappa shape index (κ3) is 3.88. The van der Waals surface area contributed by atoms with Crippen molar-refractivity contribution in [3.8, 4) is 5.75 Å². The topological polar surface area (TPSA) is 90.7 Å². The summed E-state index contributed by atoms with van der Waals surface area (Å²) in [5.41, 5.74) is 6.11. The van der Waals surface area contributed by atoms with E-state index in [0.717, 1.165) is 0 Å². The van der Waals surface area contributed by atoms with Crippen LogP contribution in [0.5, 0.6) is 5.75 Å². The first-order chi connectivity index (χ1) is 9.36. The summed E-state index contributed by atoms with van der Waals surface area (Å²) < 4.78 is 10.2. The number of nitrogens with one attached hydrogen (secondary N) is 1. The minimum atomic E-state index is -0.908. The highest BCUT2D eigenvalue weighted by atomic mass is 16.5. The van der Waals surface area contributed by atoms with Crippen LogP contribution in [0.15, 0.2) is 18.2 Å². The second-order valence-corrected chi connectivity index (χ2v) is 4.64. The van der Waals surface area contributed by atoms with E-state index in [1.807, 2.05) is 13.8 Å². The maximum atomic E-state index is 12.1. The first-order valence-corrected chi connectivity index (χ1v) is 6.30. The Morgan fingerprint density at radius 3 is 2.45 bits per heavy atom. The number of carbonyl (C=O) groups is 2. The van der Waals surface area contributed by atoms with Crippen LogP contribution in [0.3, 0.4) is 0 Å². The second-order valence-electron chi connectivity index (χ2n) is 4.64. The smallest absolute Gasteiger partial charge is 0.344 e. The Kier molecular flexibility index (Phi) is 5.37. The van der Waals surface area contributed by atoms with Crippen molar-refractivity contribution in [2.75, 3.05) is 12.8 Å². The average Bonchev–Trinajstić information content (AvgIpc) is 2.37. The fourth-order valence-electron chi connectivity index (χ4n) is 1.61. The van der Waals surface area contributed by atoms with E-state index in [1.54, 1.807) is 18.2 Å². The van der Waals surface area contributed by atoms with Crippen LogP contribution in [0.25, 0.3) is 0 Å². The largest absolute Gasteiger partial charge is 0.496 e. The Labute approximate surface area is 118 Å². The molecule has 0 aromatic heterocycles. The molecule has 1 amide bonds. The zero-order chi connectivity index (χ0) is 15.3. The molecule has 1 atom stereocenters. The molecule has 0 aliphatic rings. The van der Waals surface area contributed by atoms with Crippen molar-refractivity contribution < 1.29 is 19.1 Å². The molecule has 0 heterocycles. The Morgan fingerprint density at radius 2 is 1.90 bits per heavy atom. The standard InChI is InChI=1S/C14H20N2O4/c1-8(2)16-13(17)9(3)20-14(18)12-10(15)6-5-7-11(12)19-4/h5-9H,15H2,1-4H3,(H,16,17). The molecule has 1 rings (SSSR count). The number of rotatable bonds is 5. The lowest BCUT2D eigenvalue weighted by Gasteiger charge is -2.17. The van der Waals surface area contributed by atoms with Gasteiger partial charge in [0.25, 0.3) is 5.91 Å². The summed E-state index contributed by atoms with van der Waals surface area (Å²) in [6.45, 7) is 5.15. The van der Waals surface area contributed by atoms with Crippen LogP contribution in [-0.2, 0) is 9.53 Å². The molecule has 0 aliphatic heterocycles. The number of methoxy groups -OCH3 is 1. The molecule has 0 saturated carbocycles. The molecule has 1 aromatic rings. The number of amides is 1. The SMILES string of the molecule is COc1cccc(N)c1C(=O)OC(C)C(=O)NC(C)C. The van der Waals surface area contributed by atoms with Gasteiger partial charge in [-0.2, -0.15) is 0 Å². The lowest BCUT2D eigenvalue weighted by molar-refractivity contribution is -0.129. The number of benzene rings is 1. The summed E-state index contributed by atoms with van der Waals surface area (Å²) in [7, 11) is 1.43. The van der Waals surface area contributed by atoms with E-state index in [0.29, 0.717) is 5.75 Å². The van der Waals surface area contributed by atoms with Gasteiger partial charge in [-0.25, -0.2) is 4.79 Å². The molecule has 0 aliphatic carbocycles. The highest BCUT2D eigenvalue weighted by molar-refractivity contribution is 5.99. The molecule has 6 heteroatoms. The quantitative estimate of drug-likeness (QED) is 0.627. The number of esters is 1. The van der Waals surface area contributed by atoms with Gasteiger partial charge in [0, 0.05) is 11.7 Å². The first kappa shape index (κ1) is 15.8. The zero-order valence-electron chi connectivity index (χ0n) is 12.1. The van der Waals surface area contributed by atoms with Gasteiger partial charge in [-0.1, -0.05) is 6.07 Å².